The van der Waals surface area contributed by atoms with Crippen LogP contribution in [-0.2, 0) is 9.53 Å². The Morgan fingerprint density at radius 3 is 2.93 bits per heavy atom. The van der Waals surface area contributed by atoms with E-state index in [9.17, 15) is 9.90 Å². The fourth-order valence-electron chi connectivity index (χ4n) is 2.57. The fraction of sp³-hybridized carbons (Fsp3) is 0.909. The molecule has 2 aliphatic heterocycles. The van der Waals surface area contributed by atoms with Gasteiger partial charge in [0.2, 0.25) is 0 Å². The molecule has 2 aliphatic rings. The molecule has 15 heavy (non-hydrogen) atoms. The van der Waals surface area contributed by atoms with Crippen LogP contribution in [0.5, 0.6) is 0 Å². The van der Waals surface area contributed by atoms with Gasteiger partial charge in [0.25, 0.3) is 0 Å². The van der Waals surface area contributed by atoms with Crippen LogP contribution < -0.4 is 0 Å². The summed E-state index contributed by atoms with van der Waals surface area (Å²) in [4.78, 5) is 13.6. The minimum Gasteiger partial charge on any atom is -0.481 e. The molecule has 0 aromatic heterocycles. The summed E-state index contributed by atoms with van der Waals surface area (Å²) in [6.07, 6.45) is 1.85. The molecule has 2 fully saturated rings. The highest BCUT2D eigenvalue weighted by Crippen LogP contribution is 2.31. The van der Waals surface area contributed by atoms with Crippen molar-refractivity contribution in [2.24, 2.45) is 11.3 Å². The highest BCUT2D eigenvalue weighted by atomic mass is 16.5. The second-order valence-corrected chi connectivity index (χ2v) is 5.02. The molecule has 1 N–H and O–H groups in total. The molecule has 2 atom stereocenters. The van der Waals surface area contributed by atoms with Crippen LogP contribution in [0.2, 0.25) is 0 Å². The molecule has 2 saturated heterocycles. The zero-order valence-electron chi connectivity index (χ0n) is 9.24. The largest absolute Gasteiger partial charge is 0.481 e. The molecule has 0 radical (unpaired) electrons. The van der Waals surface area contributed by atoms with Gasteiger partial charge in [0.05, 0.1) is 6.61 Å². The van der Waals surface area contributed by atoms with Crippen molar-refractivity contribution in [2.75, 3.05) is 32.8 Å². The molecular formula is C11H19NO3. The van der Waals surface area contributed by atoms with E-state index in [1.165, 1.54) is 6.42 Å². The maximum absolute atomic E-state index is 11.3. The van der Waals surface area contributed by atoms with Gasteiger partial charge < -0.3 is 14.7 Å². The number of carbonyl (C=O) groups is 1. The van der Waals surface area contributed by atoms with Gasteiger partial charge in [0.15, 0.2) is 0 Å². The van der Waals surface area contributed by atoms with Gasteiger partial charge in [-0.3, -0.25) is 4.79 Å². The molecule has 0 aromatic rings. The van der Waals surface area contributed by atoms with Crippen LogP contribution in [0.25, 0.3) is 0 Å². The number of carboxylic acid groups (broad SMARTS) is 1. The zero-order valence-corrected chi connectivity index (χ0v) is 9.24. The Hall–Kier alpha value is -0.610. The van der Waals surface area contributed by atoms with E-state index in [1.54, 1.807) is 0 Å². The van der Waals surface area contributed by atoms with Crippen molar-refractivity contribution in [2.45, 2.75) is 19.8 Å². The van der Waals surface area contributed by atoms with Crippen molar-refractivity contribution >= 4 is 5.97 Å². The average molecular weight is 213 g/mol. The zero-order chi connectivity index (χ0) is 10.9. The first-order valence-electron chi connectivity index (χ1n) is 5.66. The quantitative estimate of drug-likeness (QED) is 0.754. The number of aliphatic carboxylic acids is 1. The molecule has 0 saturated carbocycles. The van der Waals surface area contributed by atoms with E-state index >= 15 is 0 Å². The van der Waals surface area contributed by atoms with Crippen molar-refractivity contribution in [3.63, 3.8) is 0 Å². The van der Waals surface area contributed by atoms with Crippen LogP contribution in [0.15, 0.2) is 0 Å². The van der Waals surface area contributed by atoms with Gasteiger partial charge in [-0.1, -0.05) is 6.92 Å². The number of hydrogen-bond donors (Lipinski definition) is 1. The van der Waals surface area contributed by atoms with Gasteiger partial charge in [-0.05, 0) is 25.3 Å². The Labute approximate surface area is 90.2 Å². The lowest BCUT2D eigenvalue weighted by molar-refractivity contribution is -0.150. The average Bonchev–Trinajstić information content (AvgIpc) is 2.77. The molecule has 2 heterocycles. The summed E-state index contributed by atoms with van der Waals surface area (Å²) in [5.41, 5.74) is -0.635. The number of nitrogens with zero attached hydrogens (tertiary/aromatic N) is 1. The molecule has 0 amide bonds. The van der Waals surface area contributed by atoms with Crippen LogP contribution in [-0.4, -0.2) is 48.8 Å². The maximum atomic E-state index is 11.3. The van der Waals surface area contributed by atoms with E-state index < -0.39 is 11.4 Å². The van der Waals surface area contributed by atoms with Crippen molar-refractivity contribution in [1.82, 2.24) is 4.90 Å². The normalized spacial score (nSPS) is 37.3. The SMILES string of the molecule is CC1CCN(CC2(C(=O)O)CCOC2)C1. The molecule has 2 rings (SSSR count). The predicted molar refractivity (Wildman–Crippen MR) is 55.7 cm³/mol. The lowest BCUT2D eigenvalue weighted by atomic mass is 9.87. The third-order valence-electron chi connectivity index (χ3n) is 3.59. The highest BCUT2D eigenvalue weighted by Gasteiger charge is 2.44. The van der Waals surface area contributed by atoms with E-state index in [0.717, 1.165) is 13.1 Å². The number of hydrogen-bond acceptors (Lipinski definition) is 3. The lowest BCUT2D eigenvalue weighted by Crippen LogP contribution is -2.43. The Morgan fingerprint density at radius 2 is 2.47 bits per heavy atom. The number of likely N-dealkylation sites (tertiary alicyclic amines) is 1. The Balaban J connectivity index is 1.98. The molecule has 4 heteroatoms. The molecule has 2 unspecified atom stereocenters. The molecule has 4 nitrogen and oxygen atoms in total. The van der Waals surface area contributed by atoms with Gasteiger partial charge in [0, 0.05) is 19.7 Å². The molecule has 0 spiro atoms. The molecule has 0 bridgehead atoms. The summed E-state index contributed by atoms with van der Waals surface area (Å²) in [6, 6.07) is 0. The topological polar surface area (TPSA) is 49.8 Å². The van der Waals surface area contributed by atoms with E-state index in [1.807, 2.05) is 0 Å². The molecule has 0 aromatic carbocycles. The van der Waals surface area contributed by atoms with E-state index in [2.05, 4.69) is 11.8 Å². The predicted octanol–water partition coefficient (Wildman–Crippen LogP) is 0.819. The van der Waals surface area contributed by atoms with E-state index in [-0.39, 0.29) is 0 Å². The Kier molecular flexibility index (Phi) is 2.98. The van der Waals surface area contributed by atoms with Gasteiger partial charge in [0.1, 0.15) is 5.41 Å². The molecular weight excluding hydrogens is 194 g/mol. The summed E-state index contributed by atoms with van der Waals surface area (Å²) in [5, 5.41) is 9.28. The third-order valence-corrected chi connectivity index (χ3v) is 3.59. The second kappa shape index (κ2) is 4.10. The smallest absolute Gasteiger partial charge is 0.313 e. The molecule has 86 valence electrons. The minimum atomic E-state index is -0.695. The van der Waals surface area contributed by atoms with Crippen molar-refractivity contribution < 1.29 is 14.6 Å². The van der Waals surface area contributed by atoms with Crippen molar-refractivity contribution in [3.05, 3.63) is 0 Å². The number of carboxylic acids is 1. The number of ether oxygens (including phenoxy) is 1. The van der Waals surface area contributed by atoms with Crippen LogP contribution in [0.1, 0.15) is 19.8 Å². The van der Waals surface area contributed by atoms with Gasteiger partial charge >= 0.3 is 5.97 Å². The van der Waals surface area contributed by atoms with Crippen LogP contribution in [0, 0.1) is 11.3 Å². The first kappa shape index (κ1) is 10.9. The highest BCUT2D eigenvalue weighted by molar-refractivity contribution is 5.75. The van der Waals surface area contributed by atoms with E-state index in [4.69, 9.17) is 4.74 Å². The van der Waals surface area contributed by atoms with Gasteiger partial charge in [-0.2, -0.15) is 0 Å². The molecule has 0 aliphatic carbocycles. The Morgan fingerprint density at radius 1 is 1.67 bits per heavy atom. The van der Waals surface area contributed by atoms with Crippen LogP contribution in [0.4, 0.5) is 0 Å². The second-order valence-electron chi connectivity index (χ2n) is 5.02. The summed E-state index contributed by atoms with van der Waals surface area (Å²) < 4.78 is 5.25. The van der Waals surface area contributed by atoms with E-state index in [0.29, 0.717) is 32.1 Å². The first-order valence-corrected chi connectivity index (χ1v) is 5.66. The summed E-state index contributed by atoms with van der Waals surface area (Å²) >= 11 is 0. The maximum Gasteiger partial charge on any atom is 0.313 e. The fourth-order valence-corrected chi connectivity index (χ4v) is 2.57. The summed E-state index contributed by atoms with van der Waals surface area (Å²) in [7, 11) is 0. The monoisotopic (exact) mass is 213 g/mol. The van der Waals surface area contributed by atoms with Crippen LogP contribution >= 0.6 is 0 Å². The minimum absolute atomic E-state index is 0.382. The Bertz CT molecular complexity index is 248. The standard InChI is InChI=1S/C11H19NO3/c1-9-2-4-12(6-9)7-11(10(13)14)3-5-15-8-11/h9H,2-8H2,1H3,(H,13,14). The van der Waals surface area contributed by atoms with Crippen molar-refractivity contribution in [3.8, 4) is 0 Å². The van der Waals surface area contributed by atoms with Crippen molar-refractivity contribution in [1.29, 1.82) is 0 Å². The lowest BCUT2D eigenvalue weighted by Gasteiger charge is -2.28. The number of rotatable bonds is 3. The summed E-state index contributed by atoms with van der Waals surface area (Å²) in [6.45, 7) is 5.93. The first-order chi connectivity index (χ1) is 7.12. The van der Waals surface area contributed by atoms with Crippen LogP contribution in [0.3, 0.4) is 0 Å². The third kappa shape index (κ3) is 2.16. The van der Waals surface area contributed by atoms with Gasteiger partial charge in [-0.25, -0.2) is 0 Å². The van der Waals surface area contributed by atoms with Gasteiger partial charge in [-0.15, -0.1) is 0 Å². The summed E-state index contributed by atoms with van der Waals surface area (Å²) in [5.74, 6) is 0.0118.